The van der Waals surface area contributed by atoms with Gasteiger partial charge in [-0.2, -0.15) is 13.2 Å². The number of hydrogen-bond acceptors (Lipinski definition) is 4. The Morgan fingerprint density at radius 2 is 2.00 bits per heavy atom. The van der Waals surface area contributed by atoms with Crippen molar-refractivity contribution in [3.63, 3.8) is 0 Å². The third-order valence-corrected chi connectivity index (χ3v) is 5.24. The number of fused-ring (bicyclic) bond motifs is 5. The molecule has 0 saturated carbocycles. The highest BCUT2D eigenvalue weighted by Crippen LogP contribution is 2.53. The molecule has 0 unspecified atom stereocenters. The summed E-state index contributed by atoms with van der Waals surface area (Å²) in [5, 5.41) is 9.48. The summed E-state index contributed by atoms with van der Waals surface area (Å²) in [7, 11) is 0. The van der Waals surface area contributed by atoms with Crippen LogP contribution in [0.2, 0.25) is 5.02 Å². The predicted octanol–water partition coefficient (Wildman–Crippen LogP) is 2.16. The first-order chi connectivity index (χ1) is 11.7. The van der Waals surface area contributed by atoms with Crippen LogP contribution in [-0.2, 0) is 20.5 Å². The Morgan fingerprint density at radius 3 is 2.64 bits per heavy atom. The third kappa shape index (κ3) is 2.11. The summed E-state index contributed by atoms with van der Waals surface area (Å²) in [6.45, 7) is -0.510. The van der Waals surface area contributed by atoms with Crippen molar-refractivity contribution in [2.45, 2.75) is 17.9 Å². The lowest BCUT2D eigenvalue weighted by atomic mass is 9.77. The largest absolute Gasteiger partial charge is 0.416 e. The molecule has 4 rings (SSSR count). The van der Waals surface area contributed by atoms with Crippen LogP contribution in [0.25, 0.3) is 0 Å². The van der Waals surface area contributed by atoms with Gasteiger partial charge in [-0.25, -0.2) is 4.90 Å². The standard InChI is InChI=1S/C16H11ClF3NO4/c17-8-2-1-7(16(18,19)20)5-9(8)21-13(23)11-10-3-4-15(6-22,25-10)12(11)14(21)24/h1-5,10-12,22H,6H2/t10-,11+,12-,15+/m0/s1. The van der Waals surface area contributed by atoms with Crippen LogP contribution in [0.3, 0.4) is 0 Å². The monoisotopic (exact) mass is 373 g/mol. The number of ether oxygens (including phenoxy) is 1. The van der Waals surface area contributed by atoms with Gasteiger partial charge >= 0.3 is 6.18 Å². The lowest BCUT2D eigenvalue weighted by molar-refractivity contribution is -0.137. The Balaban J connectivity index is 1.79. The van der Waals surface area contributed by atoms with E-state index in [9.17, 15) is 27.9 Å². The minimum Gasteiger partial charge on any atom is -0.393 e. The molecule has 2 amide bonds. The molecule has 3 aliphatic heterocycles. The zero-order chi connectivity index (χ0) is 18.1. The summed E-state index contributed by atoms with van der Waals surface area (Å²) in [5.74, 6) is -3.26. The van der Waals surface area contributed by atoms with Gasteiger partial charge in [-0.1, -0.05) is 23.8 Å². The fourth-order valence-corrected chi connectivity index (χ4v) is 3.98. The van der Waals surface area contributed by atoms with Gasteiger partial charge in [0.15, 0.2) is 0 Å². The molecule has 3 heterocycles. The van der Waals surface area contributed by atoms with Gasteiger partial charge < -0.3 is 9.84 Å². The van der Waals surface area contributed by atoms with Crippen LogP contribution in [0.15, 0.2) is 30.4 Å². The van der Waals surface area contributed by atoms with Gasteiger partial charge in [0, 0.05) is 0 Å². The highest BCUT2D eigenvalue weighted by molar-refractivity contribution is 6.36. The van der Waals surface area contributed by atoms with E-state index < -0.39 is 53.7 Å². The Hall–Kier alpha value is -1.90. The van der Waals surface area contributed by atoms with Gasteiger partial charge in [0.25, 0.3) is 0 Å². The number of halogens is 4. The molecule has 2 saturated heterocycles. The number of anilines is 1. The van der Waals surface area contributed by atoms with Crippen molar-refractivity contribution in [1.29, 1.82) is 0 Å². The Kier molecular flexibility index (Phi) is 3.35. The molecule has 1 N–H and O–H groups in total. The molecule has 5 nitrogen and oxygen atoms in total. The molecule has 1 aromatic rings. The second-order valence-corrected chi connectivity index (χ2v) is 6.64. The second kappa shape index (κ2) is 5.06. The average molecular weight is 374 g/mol. The average Bonchev–Trinajstić information content (AvgIpc) is 3.19. The summed E-state index contributed by atoms with van der Waals surface area (Å²) in [5.41, 5.74) is -2.64. The summed E-state index contributed by atoms with van der Waals surface area (Å²) in [4.78, 5) is 26.2. The van der Waals surface area contributed by atoms with Crippen molar-refractivity contribution in [3.8, 4) is 0 Å². The van der Waals surface area contributed by atoms with Gasteiger partial charge in [0.2, 0.25) is 11.8 Å². The van der Waals surface area contributed by atoms with Crippen molar-refractivity contribution in [1.82, 2.24) is 0 Å². The van der Waals surface area contributed by atoms with Crippen molar-refractivity contribution in [2.75, 3.05) is 11.5 Å². The van der Waals surface area contributed by atoms with E-state index in [4.69, 9.17) is 16.3 Å². The maximum atomic E-state index is 13.0. The molecule has 132 valence electrons. The number of hydrogen-bond donors (Lipinski definition) is 1. The van der Waals surface area contributed by atoms with Crippen molar-refractivity contribution in [3.05, 3.63) is 40.9 Å². The molecular weight excluding hydrogens is 363 g/mol. The minimum atomic E-state index is -4.64. The van der Waals surface area contributed by atoms with E-state index >= 15 is 0 Å². The van der Waals surface area contributed by atoms with Crippen LogP contribution >= 0.6 is 11.6 Å². The van der Waals surface area contributed by atoms with Crippen molar-refractivity contribution in [2.24, 2.45) is 11.8 Å². The van der Waals surface area contributed by atoms with E-state index in [-0.39, 0.29) is 10.7 Å². The first-order valence-electron chi connectivity index (χ1n) is 7.42. The Labute approximate surface area is 144 Å². The number of rotatable bonds is 2. The fraction of sp³-hybridized carbons (Fsp3) is 0.375. The number of aliphatic hydroxyl groups is 1. The predicted molar refractivity (Wildman–Crippen MR) is 79.8 cm³/mol. The number of imide groups is 1. The lowest BCUT2D eigenvalue weighted by Gasteiger charge is -2.26. The topological polar surface area (TPSA) is 66.8 Å². The van der Waals surface area contributed by atoms with Crippen LogP contribution in [0.4, 0.5) is 18.9 Å². The first kappa shape index (κ1) is 16.6. The van der Waals surface area contributed by atoms with Crippen molar-refractivity contribution < 1.29 is 32.6 Å². The van der Waals surface area contributed by atoms with Crippen LogP contribution in [0, 0.1) is 11.8 Å². The van der Waals surface area contributed by atoms with Gasteiger partial charge in [-0.05, 0) is 18.2 Å². The quantitative estimate of drug-likeness (QED) is 0.637. The van der Waals surface area contributed by atoms with Crippen LogP contribution in [0.5, 0.6) is 0 Å². The van der Waals surface area contributed by atoms with Gasteiger partial charge in [-0.15, -0.1) is 0 Å². The Morgan fingerprint density at radius 1 is 1.28 bits per heavy atom. The molecule has 2 fully saturated rings. The second-order valence-electron chi connectivity index (χ2n) is 6.23. The van der Waals surface area contributed by atoms with E-state index in [0.717, 1.165) is 12.1 Å². The van der Waals surface area contributed by atoms with Gasteiger partial charge in [0.1, 0.15) is 5.60 Å². The number of amides is 2. The van der Waals surface area contributed by atoms with E-state index in [1.54, 1.807) is 6.08 Å². The fourth-order valence-electron chi connectivity index (χ4n) is 3.78. The van der Waals surface area contributed by atoms with Crippen molar-refractivity contribution >= 4 is 29.1 Å². The van der Waals surface area contributed by atoms with E-state index in [1.807, 2.05) is 0 Å². The maximum absolute atomic E-state index is 13.0. The summed E-state index contributed by atoms with van der Waals surface area (Å²) in [6.07, 6.45) is -2.22. The summed E-state index contributed by atoms with van der Waals surface area (Å²) >= 11 is 5.96. The highest BCUT2D eigenvalue weighted by atomic mass is 35.5. The number of nitrogens with zero attached hydrogens (tertiary/aromatic N) is 1. The molecule has 25 heavy (non-hydrogen) atoms. The molecule has 0 aromatic heterocycles. The minimum absolute atomic E-state index is 0.144. The number of benzene rings is 1. The number of aliphatic hydroxyl groups excluding tert-OH is 1. The van der Waals surface area contributed by atoms with Gasteiger partial charge in [0.05, 0.1) is 40.8 Å². The zero-order valence-electron chi connectivity index (χ0n) is 12.5. The molecule has 1 aromatic carbocycles. The molecule has 4 atom stereocenters. The van der Waals surface area contributed by atoms with E-state index in [1.165, 1.54) is 6.08 Å². The number of carbonyl (C=O) groups excluding carboxylic acids is 2. The molecule has 0 spiro atoms. The molecular formula is C16H11ClF3NO4. The molecule has 2 bridgehead atoms. The normalized spacial score (nSPS) is 33.5. The Bertz CT molecular complexity index is 824. The van der Waals surface area contributed by atoms with Crippen LogP contribution in [0.1, 0.15) is 5.56 Å². The number of alkyl halides is 3. The third-order valence-electron chi connectivity index (χ3n) is 4.92. The van der Waals surface area contributed by atoms with Gasteiger partial charge in [-0.3, -0.25) is 9.59 Å². The van der Waals surface area contributed by atoms with Crippen LogP contribution in [-0.4, -0.2) is 35.2 Å². The molecule has 9 heteroatoms. The summed E-state index contributed by atoms with van der Waals surface area (Å²) < 4.78 is 44.5. The maximum Gasteiger partial charge on any atom is 0.416 e. The SMILES string of the molecule is O=C1[C@@H]2[C@@H]3C=C[C@](CO)(O3)[C@@H]2C(=O)N1c1cc(C(F)(F)F)ccc1Cl. The molecule has 0 aliphatic carbocycles. The zero-order valence-corrected chi connectivity index (χ0v) is 13.2. The van der Waals surface area contributed by atoms with E-state index in [2.05, 4.69) is 0 Å². The van der Waals surface area contributed by atoms with Crippen LogP contribution < -0.4 is 4.90 Å². The molecule has 0 radical (unpaired) electrons. The molecule has 3 aliphatic rings. The highest BCUT2D eigenvalue weighted by Gasteiger charge is 2.67. The smallest absolute Gasteiger partial charge is 0.393 e. The summed E-state index contributed by atoms with van der Waals surface area (Å²) in [6, 6.07) is 2.46. The number of carbonyl (C=O) groups is 2. The lowest BCUT2D eigenvalue weighted by Crippen LogP contribution is -2.43. The first-order valence-corrected chi connectivity index (χ1v) is 7.80. The van der Waals surface area contributed by atoms with E-state index in [0.29, 0.717) is 11.0 Å².